The molecule has 4 nitrogen and oxygen atoms in total. The predicted molar refractivity (Wildman–Crippen MR) is 59.2 cm³/mol. The Bertz CT molecular complexity index is 451. The van der Waals surface area contributed by atoms with Gasteiger partial charge in [0, 0.05) is 17.7 Å². The lowest BCUT2D eigenvalue weighted by atomic mass is 10.3. The lowest BCUT2D eigenvalue weighted by molar-refractivity contribution is 0.796. The molecule has 2 aromatic rings. The second-order valence-corrected chi connectivity index (χ2v) is 4.06. The minimum atomic E-state index is 0.574. The molecule has 72 valence electrons. The highest BCUT2D eigenvalue weighted by Gasteiger charge is 2.08. The number of rotatable bonds is 1. The van der Waals surface area contributed by atoms with Gasteiger partial charge in [0.1, 0.15) is 5.69 Å². The van der Waals surface area contributed by atoms with Crippen LogP contribution in [-0.2, 0) is 7.05 Å². The zero-order valence-electron chi connectivity index (χ0n) is 7.35. The van der Waals surface area contributed by atoms with E-state index in [4.69, 9.17) is 0 Å². The maximum atomic E-state index is 4.22. The molecule has 0 spiro atoms. The van der Waals surface area contributed by atoms with Crippen LogP contribution in [0.1, 0.15) is 0 Å². The lowest BCUT2D eigenvalue weighted by Gasteiger charge is -1.99. The van der Waals surface area contributed by atoms with Crippen molar-refractivity contribution >= 4 is 28.6 Å². The number of aromatic nitrogens is 4. The first kappa shape index (κ1) is 9.67. The normalized spacial score (nSPS) is 10.5. The Morgan fingerprint density at radius 1 is 1.36 bits per heavy atom. The average Bonchev–Trinajstić information content (AvgIpc) is 2.50. The minimum Gasteiger partial charge on any atom is -0.304 e. The van der Waals surface area contributed by atoms with Crippen molar-refractivity contribution in [2.24, 2.45) is 7.05 Å². The minimum absolute atomic E-state index is 0.574. The van der Waals surface area contributed by atoms with E-state index in [1.807, 2.05) is 19.2 Å². The first-order chi connectivity index (χ1) is 6.68. The summed E-state index contributed by atoms with van der Waals surface area (Å²) in [6, 6.07) is 3.79. The van der Waals surface area contributed by atoms with Gasteiger partial charge in [-0.05, 0) is 28.1 Å². The molecule has 0 N–H and O–H groups in total. The van der Waals surface area contributed by atoms with Crippen molar-refractivity contribution < 1.29 is 0 Å². The van der Waals surface area contributed by atoms with Gasteiger partial charge >= 0.3 is 0 Å². The van der Waals surface area contributed by atoms with Gasteiger partial charge in [-0.2, -0.15) is 0 Å². The molecule has 0 saturated carbocycles. The molecule has 2 aromatic heterocycles. The Kier molecular flexibility index (Phi) is 2.56. The van der Waals surface area contributed by atoms with Gasteiger partial charge in [0.2, 0.25) is 0 Å². The van der Waals surface area contributed by atoms with Gasteiger partial charge in [0.15, 0.2) is 11.0 Å². The van der Waals surface area contributed by atoms with E-state index < -0.39 is 0 Å². The third-order valence-electron chi connectivity index (χ3n) is 1.81. The molecule has 0 aliphatic rings. The molecule has 0 atom stereocenters. The number of hydrogen-bond donors (Lipinski definition) is 1. The van der Waals surface area contributed by atoms with E-state index in [0.29, 0.717) is 11.0 Å². The molecular weight excluding hydrogens is 264 g/mol. The van der Waals surface area contributed by atoms with E-state index in [-0.39, 0.29) is 0 Å². The maximum Gasteiger partial charge on any atom is 0.188 e. The summed E-state index contributed by atoms with van der Waals surface area (Å²) in [6.07, 6.45) is 1.72. The number of hydrogen-bond acceptors (Lipinski definition) is 4. The van der Waals surface area contributed by atoms with E-state index in [1.54, 1.807) is 10.8 Å². The summed E-state index contributed by atoms with van der Waals surface area (Å²) in [5, 5.41) is 8.39. The predicted octanol–water partition coefficient (Wildman–Crippen LogP) is 1.93. The van der Waals surface area contributed by atoms with Gasteiger partial charge in [0.05, 0.1) is 0 Å². The molecule has 6 heteroatoms. The molecule has 0 saturated heterocycles. The fraction of sp³-hybridized carbons (Fsp3) is 0.125. The molecule has 0 aromatic carbocycles. The van der Waals surface area contributed by atoms with Crippen molar-refractivity contribution in [3.8, 4) is 11.5 Å². The standard InChI is InChI=1S/C8H7BrN4S/c1-13-7(11-12-8(13)14)6-3-2-5(9)4-10-6/h2-4H,1H3,(H,12,14). The maximum absolute atomic E-state index is 4.22. The van der Waals surface area contributed by atoms with Crippen LogP contribution >= 0.6 is 28.6 Å². The van der Waals surface area contributed by atoms with Gasteiger partial charge in [-0.25, -0.2) is 0 Å². The molecule has 0 amide bonds. The number of halogens is 1. The first-order valence-electron chi connectivity index (χ1n) is 3.89. The molecule has 0 unspecified atom stereocenters. The van der Waals surface area contributed by atoms with Crippen LogP contribution < -0.4 is 0 Å². The molecule has 0 aliphatic carbocycles. The van der Waals surface area contributed by atoms with Gasteiger partial charge < -0.3 is 4.57 Å². The Hall–Kier alpha value is -0.880. The zero-order chi connectivity index (χ0) is 10.1. The fourth-order valence-electron chi connectivity index (χ4n) is 1.05. The van der Waals surface area contributed by atoms with Crippen molar-refractivity contribution in [3.63, 3.8) is 0 Å². The number of nitrogens with zero attached hydrogens (tertiary/aromatic N) is 4. The van der Waals surface area contributed by atoms with E-state index in [9.17, 15) is 0 Å². The molecule has 2 heterocycles. The van der Waals surface area contributed by atoms with Crippen LogP contribution in [0.3, 0.4) is 0 Å². The van der Waals surface area contributed by atoms with Crippen LogP contribution in [0.15, 0.2) is 28.0 Å². The zero-order valence-corrected chi connectivity index (χ0v) is 9.83. The molecule has 0 aliphatic heterocycles. The highest BCUT2D eigenvalue weighted by Crippen LogP contribution is 2.17. The summed E-state index contributed by atoms with van der Waals surface area (Å²) in [5.41, 5.74) is 0.781. The summed E-state index contributed by atoms with van der Waals surface area (Å²) in [6.45, 7) is 0. The van der Waals surface area contributed by atoms with Gasteiger partial charge in [-0.15, -0.1) is 22.8 Å². The Morgan fingerprint density at radius 3 is 2.64 bits per heavy atom. The molecule has 0 fully saturated rings. The Morgan fingerprint density at radius 2 is 2.14 bits per heavy atom. The van der Waals surface area contributed by atoms with Crippen molar-refractivity contribution in [1.29, 1.82) is 0 Å². The van der Waals surface area contributed by atoms with Crippen molar-refractivity contribution in [3.05, 3.63) is 22.8 Å². The van der Waals surface area contributed by atoms with Crippen LogP contribution in [-0.4, -0.2) is 19.7 Å². The van der Waals surface area contributed by atoms with Crippen LogP contribution in [0.5, 0.6) is 0 Å². The van der Waals surface area contributed by atoms with Crippen molar-refractivity contribution in [1.82, 2.24) is 19.7 Å². The second kappa shape index (κ2) is 3.70. The van der Waals surface area contributed by atoms with Crippen LogP contribution in [0.2, 0.25) is 0 Å². The SMILES string of the molecule is Cn1c(S)nnc1-c1ccc(Br)cn1. The quantitative estimate of drug-likeness (QED) is 0.806. The average molecular weight is 271 g/mol. The summed E-state index contributed by atoms with van der Waals surface area (Å²) >= 11 is 7.46. The first-order valence-corrected chi connectivity index (χ1v) is 5.13. The van der Waals surface area contributed by atoms with Gasteiger partial charge in [0.25, 0.3) is 0 Å². The van der Waals surface area contributed by atoms with E-state index in [1.165, 1.54) is 0 Å². The molecule has 0 radical (unpaired) electrons. The topological polar surface area (TPSA) is 43.6 Å². The number of pyridine rings is 1. The smallest absolute Gasteiger partial charge is 0.188 e. The highest BCUT2D eigenvalue weighted by atomic mass is 79.9. The van der Waals surface area contributed by atoms with E-state index in [2.05, 4.69) is 43.7 Å². The summed E-state index contributed by atoms with van der Waals surface area (Å²) in [5.74, 6) is 0.711. The largest absolute Gasteiger partial charge is 0.304 e. The lowest BCUT2D eigenvalue weighted by Crippen LogP contribution is -1.94. The summed E-state index contributed by atoms with van der Waals surface area (Å²) in [4.78, 5) is 4.22. The fourth-order valence-corrected chi connectivity index (χ4v) is 1.43. The third kappa shape index (κ3) is 1.67. The Balaban J connectivity index is 2.49. The summed E-state index contributed by atoms with van der Waals surface area (Å²) in [7, 11) is 1.85. The van der Waals surface area contributed by atoms with Crippen molar-refractivity contribution in [2.45, 2.75) is 5.16 Å². The van der Waals surface area contributed by atoms with Crippen LogP contribution in [0, 0.1) is 0 Å². The molecule has 2 rings (SSSR count). The molecular formula is C8H7BrN4S. The third-order valence-corrected chi connectivity index (χ3v) is 2.67. The van der Waals surface area contributed by atoms with Crippen molar-refractivity contribution in [2.75, 3.05) is 0 Å². The van der Waals surface area contributed by atoms with Crippen LogP contribution in [0.25, 0.3) is 11.5 Å². The second-order valence-electron chi connectivity index (χ2n) is 2.74. The number of thiol groups is 1. The Labute approximate surface area is 94.9 Å². The van der Waals surface area contributed by atoms with Gasteiger partial charge in [-0.3, -0.25) is 4.98 Å². The summed E-state index contributed by atoms with van der Waals surface area (Å²) < 4.78 is 2.72. The van der Waals surface area contributed by atoms with Gasteiger partial charge in [-0.1, -0.05) is 0 Å². The molecule has 0 bridgehead atoms. The van der Waals surface area contributed by atoms with Crippen LogP contribution in [0.4, 0.5) is 0 Å². The highest BCUT2D eigenvalue weighted by molar-refractivity contribution is 9.10. The van der Waals surface area contributed by atoms with E-state index >= 15 is 0 Å². The molecule has 14 heavy (non-hydrogen) atoms. The van der Waals surface area contributed by atoms with E-state index in [0.717, 1.165) is 10.2 Å². The monoisotopic (exact) mass is 270 g/mol.